The number of hydrogen-bond acceptors (Lipinski definition) is 6. The summed E-state index contributed by atoms with van der Waals surface area (Å²) < 4.78 is 41.0. The van der Waals surface area contributed by atoms with Gasteiger partial charge in [0.15, 0.2) is 0 Å². The van der Waals surface area contributed by atoms with Crippen LogP contribution in [-0.4, -0.2) is 50.7 Å². The van der Waals surface area contributed by atoms with Crippen molar-refractivity contribution in [1.82, 2.24) is 9.88 Å². The number of aliphatic hydroxyl groups is 1. The molecule has 0 radical (unpaired) electrons. The van der Waals surface area contributed by atoms with E-state index in [1.54, 1.807) is 24.3 Å². The molecular weight excluding hydrogens is 623 g/mol. The molecule has 8 nitrogen and oxygen atoms in total. The Kier molecular flexibility index (Phi) is 10.3. The number of aliphatic hydroxyl groups excluding tert-OH is 1. The number of aromatic nitrogens is 1. The monoisotopic (exact) mass is 663 g/mol. The van der Waals surface area contributed by atoms with Crippen LogP contribution in [0.25, 0.3) is 21.8 Å². The molecule has 5 aromatic carbocycles. The molecule has 6 aromatic rings. The van der Waals surface area contributed by atoms with Crippen LogP contribution in [-0.2, 0) is 23.1 Å². The summed E-state index contributed by atoms with van der Waals surface area (Å²) in [6.07, 6.45) is 0.370. The van der Waals surface area contributed by atoms with Crippen LogP contribution in [0.1, 0.15) is 29.7 Å². The second-order valence-electron chi connectivity index (χ2n) is 11.8. The normalized spacial score (nSPS) is 12.3. The highest BCUT2D eigenvalue weighted by Crippen LogP contribution is 2.34. The third kappa shape index (κ3) is 7.82. The van der Waals surface area contributed by atoms with Crippen LogP contribution < -0.4 is 19.1 Å². The van der Waals surface area contributed by atoms with E-state index in [1.807, 2.05) is 55.5 Å². The lowest BCUT2D eigenvalue weighted by atomic mass is 10.1. The van der Waals surface area contributed by atoms with Gasteiger partial charge in [-0.15, -0.1) is 0 Å². The Morgan fingerprint density at radius 3 is 2.02 bits per heavy atom. The molecule has 9 heteroatoms. The summed E-state index contributed by atoms with van der Waals surface area (Å²) in [7, 11) is -3.54. The van der Waals surface area contributed by atoms with Crippen molar-refractivity contribution >= 4 is 37.5 Å². The first-order chi connectivity index (χ1) is 23.3. The smallest absolute Gasteiger partial charge is 0.232 e. The minimum absolute atomic E-state index is 0.210. The molecule has 0 saturated carbocycles. The second-order valence-corrected chi connectivity index (χ2v) is 13.7. The van der Waals surface area contributed by atoms with Crippen LogP contribution >= 0.6 is 0 Å². The molecule has 0 amide bonds. The first-order valence-corrected chi connectivity index (χ1v) is 18.0. The number of nitrogens with one attached hydrogen (secondary N) is 1. The molecule has 1 aromatic heterocycles. The van der Waals surface area contributed by atoms with Gasteiger partial charge in [0.1, 0.15) is 18.1 Å². The largest absolute Gasteiger partial charge is 0.494 e. The summed E-state index contributed by atoms with van der Waals surface area (Å²) >= 11 is 0. The molecule has 6 rings (SSSR count). The molecule has 0 unspecified atom stereocenters. The van der Waals surface area contributed by atoms with Crippen molar-refractivity contribution in [3.05, 3.63) is 138 Å². The lowest BCUT2D eigenvalue weighted by Gasteiger charge is -2.24. The zero-order chi connectivity index (χ0) is 33.5. The van der Waals surface area contributed by atoms with E-state index in [4.69, 9.17) is 9.47 Å². The minimum atomic E-state index is -3.54. The van der Waals surface area contributed by atoms with Gasteiger partial charge in [0.25, 0.3) is 0 Å². The standard InChI is InChI=1S/C39H41N3O5S/c1-3-46-33-17-19-35-36-20-18-34(25-38(36)41(37(35)24-33)27-29-11-6-4-7-12-29)47-22-21-40-26-39(43)31-15-10-16-32(23-31)42(48(2,44)45)28-30-13-8-5-9-14-30/h4-20,23-25,39-40,43H,3,21-22,26-28H2,1-2H3/t39-/m0/s1. The fourth-order valence-corrected chi connectivity index (χ4v) is 6.85. The second kappa shape index (κ2) is 14.9. The van der Waals surface area contributed by atoms with Crippen LogP contribution in [0, 0.1) is 0 Å². The molecule has 0 bridgehead atoms. The van der Waals surface area contributed by atoms with Gasteiger partial charge in [0.05, 0.1) is 42.2 Å². The quantitative estimate of drug-likeness (QED) is 0.116. The zero-order valence-corrected chi connectivity index (χ0v) is 28.1. The highest BCUT2D eigenvalue weighted by molar-refractivity contribution is 7.92. The molecule has 1 heterocycles. The fraction of sp³-hybridized carbons (Fsp3) is 0.231. The minimum Gasteiger partial charge on any atom is -0.494 e. The number of benzene rings is 5. The summed E-state index contributed by atoms with van der Waals surface area (Å²) in [5.41, 5.74) is 5.42. The summed E-state index contributed by atoms with van der Waals surface area (Å²) in [6, 6.07) is 39.3. The number of hydrogen-bond donors (Lipinski definition) is 2. The van der Waals surface area contributed by atoms with Gasteiger partial charge in [-0.3, -0.25) is 4.31 Å². The van der Waals surface area contributed by atoms with Gasteiger partial charge < -0.3 is 24.5 Å². The molecule has 0 fully saturated rings. The summed E-state index contributed by atoms with van der Waals surface area (Å²) in [4.78, 5) is 0. The van der Waals surface area contributed by atoms with E-state index in [-0.39, 0.29) is 13.1 Å². The van der Waals surface area contributed by atoms with Gasteiger partial charge in [-0.05, 0) is 60.0 Å². The number of anilines is 1. The molecular formula is C39H41N3O5S. The Balaban J connectivity index is 1.11. The van der Waals surface area contributed by atoms with Crippen molar-refractivity contribution in [2.45, 2.75) is 26.1 Å². The molecule has 2 N–H and O–H groups in total. The van der Waals surface area contributed by atoms with Crippen LogP contribution in [0.4, 0.5) is 5.69 Å². The predicted octanol–water partition coefficient (Wildman–Crippen LogP) is 6.91. The lowest BCUT2D eigenvalue weighted by Crippen LogP contribution is -2.29. The summed E-state index contributed by atoms with van der Waals surface area (Å²) in [5, 5.41) is 16.5. The lowest BCUT2D eigenvalue weighted by molar-refractivity contribution is 0.172. The van der Waals surface area contributed by atoms with E-state index in [2.05, 4.69) is 58.4 Å². The topological polar surface area (TPSA) is 93.0 Å². The highest BCUT2D eigenvalue weighted by Gasteiger charge is 2.20. The van der Waals surface area contributed by atoms with Gasteiger partial charge in [-0.1, -0.05) is 72.8 Å². The Hall–Kier alpha value is -4.83. The fourth-order valence-electron chi connectivity index (χ4n) is 5.97. The maximum atomic E-state index is 12.7. The Morgan fingerprint density at radius 1 is 0.771 bits per heavy atom. The Bertz CT molecular complexity index is 2080. The molecule has 248 valence electrons. The highest BCUT2D eigenvalue weighted by atomic mass is 32.2. The van der Waals surface area contributed by atoms with Crippen molar-refractivity contribution in [3.8, 4) is 11.5 Å². The first kappa shape index (κ1) is 33.1. The molecule has 0 aliphatic rings. The maximum absolute atomic E-state index is 12.7. The number of rotatable bonds is 15. The number of nitrogens with zero attached hydrogens (tertiary/aromatic N) is 2. The van der Waals surface area contributed by atoms with Crippen molar-refractivity contribution in [2.75, 3.05) is 36.9 Å². The number of ether oxygens (including phenoxy) is 2. The molecule has 48 heavy (non-hydrogen) atoms. The molecule has 0 spiro atoms. The molecule has 0 saturated heterocycles. The third-order valence-corrected chi connectivity index (χ3v) is 9.44. The third-order valence-electron chi connectivity index (χ3n) is 8.30. The van der Waals surface area contributed by atoms with Crippen molar-refractivity contribution < 1.29 is 23.0 Å². The van der Waals surface area contributed by atoms with E-state index in [0.717, 1.165) is 38.9 Å². The van der Waals surface area contributed by atoms with Crippen LogP contribution in [0.5, 0.6) is 11.5 Å². The van der Waals surface area contributed by atoms with E-state index in [0.29, 0.717) is 37.6 Å². The van der Waals surface area contributed by atoms with Crippen molar-refractivity contribution in [3.63, 3.8) is 0 Å². The molecule has 1 atom stereocenters. The SMILES string of the molecule is CCOc1ccc2c3ccc(OCCNC[C@H](O)c4cccc(N(Cc5ccccc5)S(C)(=O)=O)c4)cc3n(Cc3ccccc3)c2c1. The van der Waals surface area contributed by atoms with E-state index < -0.39 is 16.1 Å². The average Bonchev–Trinajstić information content (AvgIpc) is 3.39. The van der Waals surface area contributed by atoms with E-state index in [1.165, 1.54) is 16.1 Å². The van der Waals surface area contributed by atoms with E-state index >= 15 is 0 Å². The van der Waals surface area contributed by atoms with Gasteiger partial charge in [0, 0.05) is 42.5 Å². The number of sulfonamides is 1. The molecule has 0 aliphatic carbocycles. The van der Waals surface area contributed by atoms with Crippen LogP contribution in [0.2, 0.25) is 0 Å². The van der Waals surface area contributed by atoms with Crippen LogP contribution in [0.3, 0.4) is 0 Å². The molecule has 0 aliphatic heterocycles. The Morgan fingerprint density at radius 2 is 1.40 bits per heavy atom. The maximum Gasteiger partial charge on any atom is 0.232 e. The Labute approximate surface area is 282 Å². The van der Waals surface area contributed by atoms with E-state index in [9.17, 15) is 13.5 Å². The number of fused-ring (bicyclic) bond motifs is 3. The predicted molar refractivity (Wildman–Crippen MR) is 193 cm³/mol. The van der Waals surface area contributed by atoms with Gasteiger partial charge in [-0.2, -0.15) is 0 Å². The van der Waals surface area contributed by atoms with Crippen LogP contribution in [0.15, 0.2) is 121 Å². The van der Waals surface area contributed by atoms with Gasteiger partial charge in [0.2, 0.25) is 10.0 Å². The van der Waals surface area contributed by atoms with Gasteiger partial charge >= 0.3 is 0 Å². The van der Waals surface area contributed by atoms with Crippen molar-refractivity contribution in [2.24, 2.45) is 0 Å². The summed E-state index contributed by atoms with van der Waals surface area (Å²) in [6.45, 7) is 4.74. The zero-order valence-electron chi connectivity index (χ0n) is 27.2. The first-order valence-electron chi connectivity index (χ1n) is 16.2. The average molecular weight is 664 g/mol. The van der Waals surface area contributed by atoms with Gasteiger partial charge in [-0.25, -0.2) is 8.42 Å². The summed E-state index contributed by atoms with van der Waals surface area (Å²) in [5.74, 6) is 1.61. The van der Waals surface area contributed by atoms with Crippen molar-refractivity contribution in [1.29, 1.82) is 0 Å².